The van der Waals surface area contributed by atoms with Gasteiger partial charge in [0, 0.05) is 5.41 Å². The third kappa shape index (κ3) is 2.71. The Balaban J connectivity index is 4.65. The Hall–Kier alpha value is -0.570. The fourth-order valence-electron chi connectivity index (χ4n) is 1.98. The lowest BCUT2D eigenvalue weighted by Gasteiger charge is -2.36. The number of methoxy groups -OCH3 is 1. The second-order valence-electron chi connectivity index (χ2n) is 4.26. The smallest absolute Gasteiger partial charge is 0.335 e. The van der Waals surface area contributed by atoms with Gasteiger partial charge in [0.05, 0.1) is 7.11 Å². The molecule has 0 saturated carbocycles. The lowest BCUT2D eigenvalue weighted by Crippen LogP contribution is -2.42. The molecule has 0 aliphatic carbocycles. The van der Waals surface area contributed by atoms with Crippen LogP contribution in [0.25, 0.3) is 0 Å². The predicted molar refractivity (Wildman–Crippen MR) is 55.9 cm³/mol. The van der Waals surface area contributed by atoms with Gasteiger partial charge in [-0.2, -0.15) is 0 Å². The van der Waals surface area contributed by atoms with Crippen LogP contribution in [0.3, 0.4) is 0 Å². The maximum absolute atomic E-state index is 11.2. The highest BCUT2D eigenvalue weighted by Gasteiger charge is 2.39. The molecule has 0 rings (SSSR count). The summed E-state index contributed by atoms with van der Waals surface area (Å²) in [4.78, 5) is 11.2. The van der Waals surface area contributed by atoms with Crippen LogP contribution in [0.5, 0.6) is 0 Å². The molecule has 1 atom stereocenters. The van der Waals surface area contributed by atoms with Crippen molar-refractivity contribution >= 4 is 5.97 Å². The monoisotopic (exact) mass is 202 g/mol. The first-order valence-electron chi connectivity index (χ1n) is 5.17. The summed E-state index contributed by atoms with van der Waals surface area (Å²) in [6.07, 6.45) is 0.882. The topological polar surface area (TPSA) is 46.5 Å². The highest BCUT2D eigenvalue weighted by atomic mass is 16.5. The number of carbonyl (C=O) groups is 1. The molecule has 0 aliphatic heterocycles. The Bertz CT molecular complexity index is 183. The summed E-state index contributed by atoms with van der Waals surface area (Å²) < 4.78 is 4.55. The maximum Gasteiger partial charge on any atom is 0.335 e. The van der Waals surface area contributed by atoms with Crippen molar-refractivity contribution in [3.63, 3.8) is 0 Å². The zero-order valence-corrected chi connectivity index (χ0v) is 9.83. The number of ether oxygens (including phenoxy) is 1. The molecule has 0 aliphatic rings. The van der Waals surface area contributed by atoms with E-state index in [0.717, 1.165) is 12.8 Å². The van der Waals surface area contributed by atoms with Gasteiger partial charge in [0.25, 0.3) is 0 Å². The van der Waals surface area contributed by atoms with Gasteiger partial charge in [0.2, 0.25) is 0 Å². The quantitative estimate of drug-likeness (QED) is 0.693. The Morgan fingerprint density at radius 3 is 2.07 bits per heavy atom. The fourth-order valence-corrected chi connectivity index (χ4v) is 1.98. The Morgan fingerprint density at radius 1 is 1.36 bits per heavy atom. The standard InChI is InChI=1S/C11H22O3/c1-6-8(7-2)11(3,4)9(12)10(13)14-5/h8-9,12H,6-7H2,1-5H3. The number of hydrogen-bond acceptors (Lipinski definition) is 3. The van der Waals surface area contributed by atoms with E-state index in [1.165, 1.54) is 7.11 Å². The van der Waals surface area contributed by atoms with E-state index in [9.17, 15) is 9.90 Å². The number of hydrogen-bond donors (Lipinski definition) is 1. The molecule has 14 heavy (non-hydrogen) atoms. The summed E-state index contributed by atoms with van der Waals surface area (Å²) in [6, 6.07) is 0. The van der Waals surface area contributed by atoms with Crippen LogP contribution in [-0.2, 0) is 9.53 Å². The van der Waals surface area contributed by atoms with E-state index in [1.54, 1.807) is 0 Å². The van der Waals surface area contributed by atoms with Crippen LogP contribution in [0, 0.1) is 11.3 Å². The van der Waals surface area contributed by atoms with Gasteiger partial charge >= 0.3 is 5.97 Å². The van der Waals surface area contributed by atoms with Crippen LogP contribution in [0.2, 0.25) is 0 Å². The lowest BCUT2D eigenvalue weighted by molar-refractivity contribution is -0.159. The minimum Gasteiger partial charge on any atom is -0.467 e. The zero-order valence-electron chi connectivity index (χ0n) is 9.83. The third-order valence-electron chi connectivity index (χ3n) is 3.17. The molecule has 0 radical (unpaired) electrons. The van der Waals surface area contributed by atoms with Crippen LogP contribution in [0.4, 0.5) is 0 Å². The van der Waals surface area contributed by atoms with Crippen LogP contribution >= 0.6 is 0 Å². The van der Waals surface area contributed by atoms with E-state index >= 15 is 0 Å². The third-order valence-corrected chi connectivity index (χ3v) is 3.17. The number of aliphatic hydroxyl groups is 1. The summed E-state index contributed by atoms with van der Waals surface area (Å²) in [6.45, 7) is 7.96. The molecule has 0 fully saturated rings. The first-order valence-corrected chi connectivity index (χ1v) is 5.17. The molecular weight excluding hydrogens is 180 g/mol. The summed E-state index contributed by atoms with van der Waals surface area (Å²) in [5.74, 6) is -0.210. The van der Waals surface area contributed by atoms with E-state index in [4.69, 9.17) is 0 Å². The lowest BCUT2D eigenvalue weighted by atomic mass is 9.72. The van der Waals surface area contributed by atoms with Crippen LogP contribution in [-0.4, -0.2) is 24.3 Å². The van der Waals surface area contributed by atoms with Gasteiger partial charge in [-0.1, -0.05) is 40.5 Å². The van der Waals surface area contributed by atoms with Gasteiger partial charge in [-0.15, -0.1) is 0 Å². The van der Waals surface area contributed by atoms with Gasteiger partial charge < -0.3 is 9.84 Å². The van der Waals surface area contributed by atoms with E-state index < -0.39 is 17.5 Å². The molecule has 1 unspecified atom stereocenters. The molecule has 0 aromatic rings. The molecule has 3 heteroatoms. The van der Waals surface area contributed by atoms with Crippen molar-refractivity contribution in [1.29, 1.82) is 0 Å². The average molecular weight is 202 g/mol. The van der Waals surface area contributed by atoms with Gasteiger partial charge in [-0.3, -0.25) is 0 Å². The molecule has 0 aromatic heterocycles. The second kappa shape index (κ2) is 5.35. The molecule has 3 nitrogen and oxygen atoms in total. The van der Waals surface area contributed by atoms with Crippen molar-refractivity contribution in [2.24, 2.45) is 11.3 Å². The number of esters is 1. The molecule has 1 N–H and O–H groups in total. The van der Waals surface area contributed by atoms with Crippen molar-refractivity contribution < 1.29 is 14.6 Å². The van der Waals surface area contributed by atoms with Crippen molar-refractivity contribution in [3.8, 4) is 0 Å². The van der Waals surface area contributed by atoms with E-state index in [1.807, 2.05) is 13.8 Å². The summed E-state index contributed by atoms with van der Waals surface area (Å²) in [5.41, 5.74) is -0.420. The minimum absolute atomic E-state index is 0.330. The van der Waals surface area contributed by atoms with Crippen molar-refractivity contribution in [3.05, 3.63) is 0 Å². The van der Waals surface area contributed by atoms with Gasteiger partial charge in [0.1, 0.15) is 0 Å². The fraction of sp³-hybridized carbons (Fsp3) is 0.909. The Kier molecular flexibility index (Phi) is 5.13. The molecule has 0 aromatic carbocycles. The van der Waals surface area contributed by atoms with Crippen molar-refractivity contribution in [2.45, 2.75) is 46.6 Å². The average Bonchev–Trinajstić information content (AvgIpc) is 2.16. The van der Waals surface area contributed by atoms with Crippen LogP contribution in [0.15, 0.2) is 0 Å². The molecular formula is C11H22O3. The zero-order chi connectivity index (χ0) is 11.4. The van der Waals surface area contributed by atoms with Crippen molar-refractivity contribution in [2.75, 3.05) is 7.11 Å². The minimum atomic E-state index is -1.03. The molecule has 0 heterocycles. The SMILES string of the molecule is CCC(CC)C(C)(C)C(O)C(=O)OC. The first kappa shape index (κ1) is 13.4. The van der Waals surface area contributed by atoms with E-state index in [-0.39, 0.29) is 0 Å². The Morgan fingerprint density at radius 2 is 1.79 bits per heavy atom. The molecule has 0 bridgehead atoms. The number of rotatable bonds is 5. The van der Waals surface area contributed by atoms with E-state index in [0.29, 0.717) is 5.92 Å². The van der Waals surface area contributed by atoms with Crippen LogP contribution < -0.4 is 0 Å². The van der Waals surface area contributed by atoms with Crippen molar-refractivity contribution in [1.82, 2.24) is 0 Å². The first-order chi connectivity index (χ1) is 6.41. The summed E-state index contributed by atoms with van der Waals surface area (Å²) in [5, 5.41) is 9.80. The number of aliphatic hydroxyl groups excluding tert-OH is 1. The molecule has 0 amide bonds. The highest BCUT2D eigenvalue weighted by Crippen LogP contribution is 2.35. The summed E-state index contributed by atoms with van der Waals surface area (Å²) >= 11 is 0. The second-order valence-corrected chi connectivity index (χ2v) is 4.26. The molecule has 0 spiro atoms. The highest BCUT2D eigenvalue weighted by molar-refractivity contribution is 5.75. The summed E-state index contributed by atoms with van der Waals surface area (Å²) in [7, 11) is 1.30. The predicted octanol–water partition coefficient (Wildman–Crippen LogP) is 1.98. The molecule has 84 valence electrons. The van der Waals surface area contributed by atoms with Gasteiger partial charge in [-0.05, 0) is 5.92 Å². The van der Waals surface area contributed by atoms with E-state index in [2.05, 4.69) is 18.6 Å². The Labute approximate surface area is 86.5 Å². The number of carbonyl (C=O) groups excluding carboxylic acids is 1. The van der Waals surface area contributed by atoms with Gasteiger partial charge in [-0.25, -0.2) is 4.79 Å². The largest absolute Gasteiger partial charge is 0.467 e. The molecule has 0 saturated heterocycles. The maximum atomic E-state index is 11.2. The van der Waals surface area contributed by atoms with Crippen LogP contribution in [0.1, 0.15) is 40.5 Å². The normalized spacial score (nSPS) is 14.2. The van der Waals surface area contributed by atoms with Gasteiger partial charge in [0.15, 0.2) is 6.10 Å².